The minimum atomic E-state index is 0.310. The first-order valence-electron chi connectivity index (χ1n) is 13.3. The highest BCUT2D eigenvalue weighted by Gasteiger charge is 2.51. The Balaban J connectivity index is 1.07. The Hall–Kier alpha value is -2.83. The standard InChI is InChI=1S/C28H37N5O2/c1-19-11-25(30-23-3-5-24(35-2)6-4-23)31-27(29-19)33-9-7-32(8-10-33)26(34)18-28-15-20-12-21(16-28)14-22(13-20)17-28/h3-6,11,20-22H,7-10,12-18H2,1-2H3,(H,29,30,31). The molecule has 1 aromatic heterocycles. The van der Waals surface area contributed by atoms with E-state index in [9.17, 15) is 4.79 Å². The lowest BCUT2D eigenvalue weighted by atomic mass is 9.49. The molecule has 4 aliphatic carbocycles. The van der Waals surface area contributed by atoms with Crippen LogP contribution in [0.5, 0.6) is 5.75 Å². The van der Waals surface area contributed by atoms with Gasteiger partial charge in [-0.2, -0.15) is 4.98 Å². The van der Waals surface area contributed by atoms with Crippen LogP contribution in [0.2, 0.25) is 0 Å². The summed E-state index contributed by atoms with van der Waals surface area (Å²) in [6.45, 7) is 5.05. The molecule has 0 unspecified atom stereocenters. The number of ether oxygens (including phenoxy) is 1. The van der Waals surface area contributed by atoms with E-state index < -0.39 is 0 Å². The largest absolute Gasteiger partial charge is 0.497 e. The number of nitrogens with one attached hydrogen (secondary N) is 1. The number of benzene rings is 1. The van der Waals surface area contributed by atoms with Crippen LogP contribution in [0.25, 0.3) is 0 Å². The first-order chi connectivity index (χ1) is 17.0. The zero-order valence-electron chi connectivity index (χ0n) is 21.0. The molecule has 0 spiro atoms. The number of aromatic nitrogens is 2. The van der Waals surface area contributed by atoms with Crippen LogP contribution in [0.15, 0.2) is 30.3 Å². The van der Waals surface area contributed by atoms with E-state index in [1.54, 1.807) is 7.11 Å². The van der Waals surface area contributed by atoms with Crippen molar-refractivity contribution < 1.29 is 9.53 Å². The van der Waals surface area contributed by atoms with E-state index in [0.717, 1.165) is 79.3 Å². The van der Waals surface area contributed by atoms with Gasteiger partial charge in [0.1, 0.15) is 11.6 Å². The van der Waals surface area contributed by atoms with Gasteiger partial charge in [0.25, 0.3) is 0 Å². The number of hydrogen-bond donors (Lipinski definition) is 1. The molecule has 1 amide bonds. The van der Waals surface area contributed by atoms with Crippen LogP contribution >= 0.6 is 0 Å². The summed E-state index contributed by atoms with van der Waals surface area (Å²) in [6.07, 6.45) is 8.95. The van der Waals surface area contributed by atoms with E-state index in [-0.39, 0.29) is 0 Å². The molecule has 1 saturated heterocycles. The summed E-state index contributed by atoms with van der Waals surface area (Å²) in [5.74, 6) is 5.39. The number of rotatable bonds is 6. The highest BCUT2D eigenvalue weighted by Crippen LogP contribution is 2.61. The van der Waals surface area contributed by atoms with Crippen molar-refractivity contribution in [3.05, 3.63) is 36.0 Å². The Kier molecular flexibility index (Phi) is 5.81. The fraction of sp³-hybridized carbons (Fsp3) is 0.607. The average molecular weight is 476 g/mol. The molecule has 0 radical (unpaired) electrons. The first-order valence-corrected chi connectivity index (χ1v) is 13.3. The number of methoxy groups -OCH3 is 1. The van der Waals surface area contributed by atoms with Gasteiger partial charge in [-0.15, -0.1) is 0 Å². The molecule has 0 atom stereocenters. The zero-order valence-corrected chi connectivity index (χ0v) is 21.0. The Bertz CT molecular complexity index is 1040. The molecule has 1 N–H and O–H groups in total. The normalized spacial score (nSPS) is 29.4. The number of nitrogens with zero attached hydrogens (tertiary/aromatic N) is 4. The van der Waals surface area contributed by atoms with Crippen LogP contribution in [-0.2, 0) is 4.79 Å². The summed E-state index contributed by atoms with van der Waals surface area (Å²) >= 11 is 0. The lowest BCUT2D eigenvalue weighted by molar-refractivity contribution is -0.139. The monoisotopic (exact) mass is 475 g/mol. The number of aryl methyl sites for hydroxylation is 1. The highest BCUT2D eigenvalue weighted by atomic mass is 16.5. The summed E-state index contributed by atoms with van der Waals surface area (Å²) < 4.78 is 5.24. The van der Waals surface area contributed by atoms with Crippen molar-refractivity contribution in [1.82, 2.24) is 14.9 Å². The maximum absolute atomic E-state index is 13.3. The second kappa shape index (κ2) is 8.99. The third-order valence-electron chi connectivity index (χ3n) is 8.81. The van der Waals surface area contributed by atoms with Crippen molar-refractivity contribution >= 4 is 23.4 Å². The molecule has 4 bridgehead atoms. The third kappa shape index (κ3) is 4.69. The van der Waals surface area contributed by atoms with Gasteiger partial charge < -0.3 is 19.9 Å². The topological polar surface area (TPSA) is 70.6 Å². The fourth-order valence-corrected chi connectivity index (χ4v) is 7.68. The highest BCUT2D eigenvalue weighted by molar-refractivity contribution is 5.77. The van der Waals surface area contributed by atoms with Crippen LogP contribution in [0.1, 0.15) is 50.6 Å². The Morgan fingerprint density at radius 2 is 1.63 bits per heavy atom. The van der Waals surface area contributed by atoms with Gasteiger partial charge in [-0.05, 0) is 92.9 Å². The van der Waals surface area contributed by atoms with Crippen molar-refractivity contribution in [3.8, 4) is 5.75 Å². The number of amides is 1. The number of piperazine rings is 1. The fourth-order valence-electron chi connectivity index (χ4n) is 7.68. The van der Waals surface area contributed by atoms with Gasteiger partial charge in [-0.1, -0.05) is 0 Å². The molecule has 186 valence electrons. The predicted octanol–water partition coefficient (Wildman–Crippen LogP) is 4.79. The van der Waals surface area contributed by atoms with Gasteiger partial charge in [-0.3, -0.25) is 4.79 Å². The molecule has 2 aromatic rings. The van der Waals surface area contributed by atoms with Crippen molar-refractivity contribution in [2.75, 3.05) is 43.5 Å². The number of carbonyl (C=O) groups is 1. The molecular weight excluding hydrogens is 438 g/mol. The average Bonchev–Trinajstić information content (AvgIpc) is 2.83. The van der Waals surface area contributed by atoms with Gasteiger partial charge >= 0.3 is 0 Å². The maximum atomic E-state index is 13.3. The van der Waals surface area contributed by atoms with E-state index in [2.05, 4.69) is 15.1 Å². The summed E-state index contributed by atoms with van der Waals surface area (Å²) in [5, 5.41) is 3.38. The molecule has 7 nitrogen and oxygen atoms in total. The van der Waals surface area contributed by atoms with E-state index >= 15 is 0 Å². The number of carbonyl (C=O) groups excluding carboxylic acids is 1. The second-order valence-electron chi connectivity index (χ2n) is 11.5. The molecule has 5 aliphatic rings. The first kappa shape index (κ1) is 22.6. The third-order valence-corrected chi connectivity index (χ3v) is 8.81. The van der Waals surface area contributed by atoms with Gasteiger partial charge in [0.05, 0.1) is 7.11 Å². The van der Waals surface area contributed by atoms with E-state index in [1.165, 1.54) is 38.5 Å². The molecular formula is C28H37N5O2. The maximum Gasteiger partial charge on any atom is 0.227 e. The Morgan fingerprint density at radius 3 is 2.23 bits per heavy atom. The number of anilines is 3. The molecule has 4 saturated carbocycles. The van der Waals surface area contributed by atoms with Gasteiger partial charge in [0, 0.05) is 50.0 Å². The van der Waals surface area contributed by atoms with Crippen LogP contribution in [0, 0.1) is 30.1 Å². The van der Waals surface area contributed by atoms with E-state index in [4.69, 9.17) is 14.7 Å². The van der Waals surface area contributed by atoms with Crippen LogP contribution < -0.4 is 15.0 Å². The summed E-state index contributed by atoms with van der Waals surface area (Å²) in [5.41, 5.74) is 2.19. The van der Waals surface area contributed by atoms with Crippen molar-refractivity contribution in [2.24, 2.45) is 23.2 Å². The second-order valence-corrected chi connectivity index (χ2v) is 11.5. The Labute approximate surface area is 208 Å². The lowest BCUT2D eigenvalue weighted by Crippen LogP contribution is -2.52. The Morgan fingerprint density at radius 1 is 1.00 bits per heavy atom. The molecule has 1 aliphatic heterocycles. The smallest absolute Gasteiger partial charge is 0.227 e. The quantitative estimate of drug-likeness (QED) is 0.648. The summed E-state index contributed by atoms with van der Waals surface area (Å²) in [7, 11) is 1.67. The zero-order chi connectivity index (χ0) is 24.0. The molecule has 2 heterocycles. The van der Waals surface area contributed by atoms with Crippen molar-refractivity contribution in [1.29, 1.82) is 0 Å². The minimum Gasteiger partial charge on any atom is -0.497 e. The molecule has 7 heteroatoms. The van der Waals surface area contributed by atoms with Gasteiger partial charge in [0.15, 0.2) is 0 Å². The lowest BCUT2D eigenvalue weighted by Gasteiger charge is -2.57. The van der Waals surface area contributed by atoms with E-state index in [1.807, 2.05) is 37.3 Å². The molecule has 7 rings (SSSR count). The van der Waals surface area contributed by atoms with Crippen molar-refractivity contribution in [2.45, 2.75) is 51.9 Å². The molecule has 1 aromatic carbocycles. The summed E-state index contributed by atoms with van der Waals surface area (Å²) in [6, 6.07) is 9.77. The van der Waals surface area contributed by atoms with Crippen molar-refractivity contribution in [3.63, 3.8) is 0 Å². The molecule has 5 fully saturated rings. The SMILES string of the molecule is COc1ccc(Nc2cc(C)nc(N3CCN(C(=O)CC45CC6CC(CC(C6)C4)C5)CC3)n2)cc1. The van der Waals surface area contributed by atoms with Gasteiger partial charge in [0.2, 0.25) is 11.9 Å². The van der Waals surface area contributed by atoms with Crippen LogP contribution in [0.4, 0.5) is 17.5 Å². The molecule has 35 heavy (non-hydrogen) atoms. The predicted molar refractivity (Wildman–Crippen MR) is 137 cm³/mol. The summed E-state index contributed by atoms with van der Waals surface area (Å²) in [4.78, 5) is 27.1. The minimum absolute atomic E-state index is 0.310. The van der Waals surface area contributed by atoms with E-state index in [0.29, 0.717) is 11.3 Å². The number of hydrogen-bond acceptors (Lipinski definition) is 6. The van der Waals surface area contributed by atoms with Crippen LogP contribution in [-0.4, -0.2) is 54.1 Å². The van der Waals surface area contributed by atoms with Crippen LogP contribution in [0.3, 0.4) is 0 Å². The van der Waals surface area contributed by atoms with Gasteiger partial charge in [-0.25, -0.2) is 4.98 Å².